The van der Waals surface area contributed by atoms with Gasteiger partial charge in [0.1, 0.15) is 0 Å². The van der Waals surface area contributed by atoms with Crippen LogP contribution in [0.4, 0.5) is 5.69 Å². The van der Waals surface area contributed by atoms with Crippen LogP contribution in [0, 0.1) is 0 Å². The maximum atomic E-state index is 12.9. The molecule has 1 amide bonds. The maximum absolute atomic E-state index is 12.9. The summed E-state index contributed by atoms with van der Waals surface area (Å²) < 4.78 is 15.9. The molecule has 1 aliphatic carbocycles. The second-order valence-electron chi connectivity index (χ2n) is 6.99. The fourth-order valence-electron chi connectivity index (χ4n) is 3.80. The van der Waals surface area contributed by atoms with Crippen LogP contribution in [0.25, 0.3) is 0 Å². The van der Waals surface area contributed by atoms with Crippen molar-refractivity contribution in [1.29, 1.82) is 0 Å². The molecule has 6 nitrogen and oxygen atoms in total. The number of halogens is 1. The molecule has 4 rings (SSSR count). The molecule has 1 heterocycles. The number of carbonyl (C=O) groups is 2. The normalized spacial score (nSPS) is 16.6. The molecule has 28 heavy (non-hydrogen) atoms. The van der Waals surface area contributed by atoms with Crippen LogP contribution in [0.2, 0.25) is 5.02 Å². The van der Waals surface area contributed by atoms with E-state index in [9.17, 15) is 9.59 Å². The monoisotopic (exact) mass is 401 g/mol. The van der Waals surface area contributed by atoms with Crippen molar-refractivity contribution in [3.63, 3.8) is 0 Å². The van der Waals surface area contributed by atoms with Crippen molar-refractivity contribution in [1.82, 2.24) is 0 Å². The lowest BCUT2D eigenvalue weighted by Gasteiger charge is -2.27. The second-order valence-corrected chi connectivity index (χ2v) is 7.42. The van der Waals surface area contributed by atoms with Crippen LogP contribution < -0.4 is 14.8 Å². The van der Waals surface area contributed by atoms with Crippen LogP contribution >= 0.6 is 11.6 Å². The Labute approximate surface area is 167 Å². The standard InChI is InChI=1S/C21H20ClNO5/c22-15-5-3-14(4-6-15)21(9-1-2-10-21)20(25)26-12-19(24)23-16-7-8-17-18(11-16)28-13-27-17/h3-8,11H,1-2,9-10,12-13H2,(H,23,24). The minimum atomic E-state index is -0.705. The van der Waals surface area contributed by atoms with E-state index in [1.807, 2.05) is 12.1 Å². The average Bonchev–Trinajstić information content (AvgIpc) is 3.36. The van der Waals surface area contributed by atoms with Gasteiger partial charge in [-0.05, 0) is 42.7 Å². The number of hydrogen-bond donors (Lipinski definition) is 1. The summed E-state index contributed by atoms with van der Waals surface area (Å²) in [5.41, 5.74) is 0.734. The Balaban J connectivity index is 1.39. The molecule has 0 bridgehead atoms. The zero-order chi connectivity index (χ0) is 19.6. The number of esters is 1. The Hall–Kier alpha value is -2.73. The van der Waals surface area contributed by atoms with Crippen LogP contribution in [0.3, 0.4) is 0 Å². The predicted molar refractivity (Wildman–Crippen MR) is 104 cm³/mol. The van der Waals surface area contributed by atoms with Gasteiger partial charge in [0.25, 0.3) is 5.91 Å². The largest absolute Gasteiger partial charge is 0.455 e. The third-order valence-corrected chi connectivity index (χ3v) is 5.49. The molecular weight excluding hydrogens is 382 g/mol. The van der Waals surface area contributed by atoms with Gasteiger partial charge in [0.2, 0.25) is 6.79 Å². The van der Waals surface area contributed by atoms with Gasteiger partial charge < -0.3 is 19.5 Å². The highest BCUT2D eigenvalue weighted by Gasteiger charge is 2.44. The molecule has 2 aromatic rings. The van der Waals surface area contributed by atoms with Crippen molar-refractivity contribution in [3.05, 3.63) is 53.1 Å². The van der Waals surface area contributed by atoms with E-state index < -0.39 is 11.3 Å². The number of rotatable bonds is 5. The van der Waals surface area contributed by atoms with Gasteiger partial charge in [-0.25, -0.2) is 0 Å². The number of amides is 1. The van der Waals surface area contributed by atoms with Crippen molar-refractivity contribution >= 4 is 29.2 Å². The fraction of sp³-hybridized carbons (Fsp3) is 0.333. The zero-order valence-corrected chi connectivity index (χ0v) is 16.0. The summed E-state index contributed by atoms with van der Waals surface area (Å²) in [7, 11) is 0. The first-order valence-electron chi connectivity index (χ1n) is 9.20. The summed E-state index contributed by atoms with van der Waals surface area (Å²) >= 11 is 5.97. The van der Waals surface area contributed by atoms with E-state index in [4.69, 9.17) is 25.8 Å². The second kappa shape index (κ2) is 7.72. The van der Waals surface area contributed by atoms with Crippen LogP contribution in [0.15, 0.2) is 42.5 Å². The van der Waals surface area contributed by atoms with Crippen molar-refractivity contribution in [2.24, 2.45) is 0 Å². The molecule has 1 aliphatic heterocycles. The van der Waals surface area contributed by atoms with Gasteiger partial charge in [-0.2, -0.15) is 0 Å². The Bertz CT molecular complexity index is 890. The third kappa shape index (κ3) is 3.64. The number of ether oxygens (including phenoxy) is 3. The summed E-state index contributed by atoms with van der Waals surface area (Å²) in [6.07, 6.45) is 3.30. The highest BCUT2D eigenvalue weighted by atomic mass is 35.5. The van der Waals surface area contributed by atoms with Crippen LogP contribution in [0.5, 0.6) is 11.5 Å². The zero-order valence-electron chi connectivity index (χ0n) is 15.2. The van der Waals surface area contributed by atoms with Crippen LogP contribution in [0.1, 0.15) is 31.2 Å². The molecule has 0 saturated heterocycles. The van der Waals surface area contributed by atoms with Crippen LogP contribution in [-0.2, 0) is 19.7 Å². The van der Waals surface area contributed by atoms with E-state index in [1.165, 1.54) is 0 Å². The number of fused-ring (bicyclic) bond motifs is 1. The lowest BCUT2D eigenvalue weighted by atomic mass is 9.79. The summed E-state index contributed by atoms with van der Waals surface area (Å²) in [5.74, 6) is 0.433. The van der Waals surface area contributed by atoms with Gasteiger partial charge >= 0.3 is 5.97 Å². The topological polar surface area (TPSA) is 73.9 Å². The first kappa shape index (κ1) is 18.6. The maximum Gasteiger partial charge on any atom is 0.317 e. The number of anilines is 1. The van der Waals surface area contributed by atoms with E-state index in [-0.39, 0.29) is 19.4 Å². The number of carbonyl (C=O) groups excluding carboxylic acids is 2. The van der Waals surface area contributed by atoms with E-state index >= 15 is 0 Å². The average molecular weight is 402 g/mol. The van der Waals surface area contributed by atoms with Gasteiger partial charge in [-0.15, -0.1) is 0 Å². The summed E-state index contributed by atoms with van der Waals surface area (Å²) in [4.78, 5) is 25.1. The lowest BCUT2D eigenvalue weighted by Crippen LogP contribution is -2.36. The SMILES string of the molecule is O=C(COC(=O)C1(c2ccc(Cl)cc2)CCCC1)Nc1ccc2c(c1)OCO2. The van der Waals surface area contributed by atoms with E-state index in [1.54, 1.807) is 30.3 Å². The van der Waals surface area contributed by atoms with Gasteiger partial charge in [0.15, 0.2) is 18.1 Å². The van der Waals surface area contributed by atoms with Gasteiger partial charge in [0, 0.05) is 16.8 Å². The summed E-state index contributed by atoms with van der Waals surface area (Å²) in [6.45, 7) is -0.181. The summed E-state index contributed by atoms with van der Waals surface area (Å²) in [6, 6.07) is 12.4. The van der Waals surface area contributed by atoms with E-state index in [0.717, 1.165) is 18.4 Å². The van der Waals surface area contributed by atoms with E-state index in [0.29, 0.717) is 35.1 Å². The molecule has 146 valence electrons. The predicted octanol–water partition coefficient (Wildman–Crippen LogP) is 4.06. The minimum absolute atomic E-state index is 0.164. The van der Waals surface area contributed by atoms with Crippen LogP contribution in [-0.4, -0.2) is 25.3 Å². The van der Waals surface area contributed by atoms with Crippen molar-refractivity contribution in [3.8, 4) is 11.5 Å². The Morgan fingerprint density at radius 2 is 1.75 bits per heavy atom. The molecule has 0 unspecified atom stereocenters. The van der Waals surface area contributed by atoms with Crippen molar-refractivity contribution in [2.75, 3.05) is 18.7 Å². The van der Waals surface area contributed by atoms with Gasteiger partial charge in [-0.1, -0.05) is 36.6 Å². The molecule has 0 atom stereocenters. The molecule has 2 aromatic carbocycles. The molecule has 7 heteroatoms. The Morgan fingerprint density at radius 1 is 1.04 bits per heavy atom. The quantitative estimate of drug-likeness (QED) is 0.765. The first-order chi connectivity index (χ1) is 13.6. The number of nitrogens with one attached hydrogen (secondary N) is 1. The third-order valence-electron chi connectivity index (χ3n) is 5.24. The first-order valence-corrected chi connectivity index (χ1v) is 9.57. The highest BCUT2D eigenvalue weighted by Crippen LogP contribution is 2.42. The lowest BCUT2D eigenvalue weighted by molar-refractivity contribution is -0.153. The molecule has 1 fully saturated rings. The van der Waals surface area contributed by atoms with Gasteiger partial charge in [0.05, 0.1) is 5.41 Å². The molecule has 1 saturated carbocycles. The molecular formula is C21H20ClNO5. The van der Waals surface area contributed by atoms with E-state index in [2.05, 4.69) is 5.32 Å². The van der Waals surface area contributed by atoms with Crippen molar-refractivity contribution < 1.29 is 23.8 Å². The Kier molecular flexibility index (Phi) is 5.13. The Morgan fingerprint density at radius 3 is 2.50 bits per heavy atom. The number of benzene rings is 2. The molecule has 2 aliphatic rings. The van der Waals surface area contributed by atoms with Gasteiger partial charge in [-0.3, -0.25) is 9.59 Å². The minimum Gasteiger partial charge on any atom is -0.455 e. The highest BCUT2D eigenvalue weighted by molar-refractivity contribution is 6.30. The molecule has 0 aromatic heterocycles. The molecule has 1 N–H and O–H groups in total. The smallest absolute Gasteiger partial charge is 0.317 e. The number of hydrogen-bond acceptors (Lipinski definition) is 5. The molecule has 0 radical (unpaired) electrons. The molecule has 0 spiro atoms. The van der Waals surface area contributed by atoms with Crippen molar-refractivity contribution in [2.45, 2.75) is 31.1 Å². The fourth-order valence-corrected chi connectivity index (χ4v) is 3.92. The summed E-state index contributed by atoms with van der Waals surface area (Å²) in [5, 5.41) is 3.33.